The number of sulfonamides is 1. The Hall–Kier alpha value is -2.40. The van der Waals surface area contributed by atoms with Gasteiger partial charge in [0.2, 0.25) is 21.7 Å². The zero-order valence-corrected chi connectivity index (χ0v) is 15.0. The van der Waals surface area contributed by atoms with E-state index in [1.54, 1.807) is 12.1 Å². The fourth-order valence-electron chi connectivity index (χ4n) is 1.97. The molecular formula is C16H21NO6S. The number of carbonyl (C=O) groups excluding carboxylic acids is 1. The molecule has 0 radical (unpaired) electrons. The van der Waals surface area contributed by atoms with Gasteiger partial charge in [0.25, 0.3) is 0 Å². The molecule has 7 nitrogen and oxygen atoms in total. The van der Waals surface area contributed by atoms with Gasteiger partial charge in [-0.2, -0.15) is 0 Å². The first-order valence-corrected chi connectivity index (χ1v) is 8.74. The minimum absolute atomic E-state index is 0.00256. The minimum Gasteiger partial charge on any atom is -0.493 e. The summed E-state index contributed by atoms with van der Waals surface area (Å²) in [5.74, 6) is 5.28. The molecule has 24 heavy (non-hydrogen) atoms. The number of methoxy groups -OCH3 is 3. The fourth-order valence-corrected chi connectivity index (χ4v) is 2.82. The van der Waals surface area contributed by atoms with Crippen LogP contribution < -0.4 is 18.9 Å². The van der Waals surface area contributed by atoms with Crippen LogP contribution in [0.15, 0.2) is 12.1 Å². The van der Waals surface area contributed by atoms with Gasteiger partial charge in [0, 0.05) is 6.42 Å². The number of benzene rings is 1. The summed E-state index contributed by atoms with van der Waals surface area (Å²) in [5.41, 5.74) is 0.755. The van der Waals surface area contributed by atoms with Crippen LogP contribution in [0.4, 0.5) is 0 Å². The van der Waals surface area contributed by atoms with Gasteiger partial charge in [-0.3, -0.25) is 9.52 Å². The molecule has 1 N–H and O–H groups in total. The van der Waals surface area contributed by atoms with Gasteiger partial charge in [0.05, 0.1) is 21.3 Å². The lowest BCUT2D eigenvalue weighted by Gasteiger charge is -2.14. The van der Waals surface area contributed by atoms with E-state index in [1.165, 1.54) is 28.3 Å². The molecule has 0 fully saturated rings. The van der Waals surface area contributed by atoms with Crippen molar-refractivity contribution in [3.8, 4) is 29.1 Å². The third-order valence-corrected chi connectivity index (χ3v) is 4.14. The molecule has 0 aliphatic carbocycles. The summed E-state index contributed by atoms with van der Waals surface area (Å²) < 4.78 is 40.9. The largest absolute Gasteiger partial charge is 0.493 e. The van der Waals surface area contributed by atoms with Crippen molar-refractivity contribution < 1.29 is 27.4 Å². The Morgan fingerprint density at radius 3 is 2.17 bits per heavy atom. The Balaban J connectivity index is 2.80. The SMILES string of the molecule is CC#CCS(=O)(=O)NC(=O)CCc1cc(OC)c(OC)c(OC)c1. The number of aryl methyl sites for hydroxylation is 1. The lowest BCUT2D eigenvalue weighted by Crippen LogP contribution is -2.32. The molecule has 1 amide bonds. The van der Waals surface area contributed by atoms with Crippen molar-refractivity contribution in [2.24, 2.45) is 0 Å². The van der Waals surface area contributed by atoms with Gasteiger partial charge in [0.1, 0.15) is 5.75 Å². The molecule has 1 aromatic carbocycles. The first-order chi connectivity index (χ1) is 11.4. The first-order valence-electron chi connectivity index (χ1n) is 7.08. The summed E-state index contributed by atoms with van der Waals surface area (Å²) in [5, 5.41) is 0. The van der Waals surface area contributed by atoms with Gasteiger partial charge in [-0.25, -0.2) is 8.42 Å². The van der Waals surface area contributed by atoms with Gasteiger partial charge in [-0.15, -0.1) is 5.92 Å². The van der Waals surface area contributed by atoms with Crippen LogP contribution in [0.25, 0.3) is 0 Å². The fraction of sp³-hybridized carbons (Fsp3) is 0.438. The maximum atomic E-state index is 11.8. The monoisotopic (exact) mass is 355 g/mol. The van der Waals surface area contributed by atoms with Crippen LogP contribution >= 0.6 is 0 Å². The smallest absolute Gasteiger partial charge is 0.246 e. The highest BCUT2D eigenvalue weighted by atomic mass is 32.2. The quantitative estimate of drug-likeness (QED) is 0.703. The standard InChI is InChI=1S/C16H21NO6S/c1-5-6-9-24(19,20)17-15(18)8-7-12-10-13(21-2)16(23-4)14(11-12)22-3/h10-11H,7-9H2,1-4H3,(H,17,18). The minimum atomic E-state index is -3.73. The first kappa shape index (κ1) is 19.6. The molecular weight excluding hydrogens is 334 g/mol. The van der Waals surface area contributed by atoms with Crippen molar-refractivity contribution in [3.63, 3.8) is 0 Å². The van der Waals surface area contributed by atoms with E-state index < -0.39 is 21.7 Å². The van der Waals surface area contributed by atoms with Crippen LogP contribution in [0.1, 0.15) is 18.9 Å². The molecule has 0 unspecified atom stereocenters. The van der Waals surface area contributed by atoms with Gasteiger partial charge in [-0.1, -0.05) is 5.92 Å². The van der Waals surface area contributed by atoms with Crippen LogP contribution in [-0.2, 0) is 21.2 Å². The van der Waals surface area contributed by atoms with Crippen molar-refractivity contribution in [1.82, 2.24) is 4.72 Å². The van der Waals surface area contributed by atoms with Gasteiger partial charge >= 0.3 is 0 Å². The van der Waals surface area contributed by atoms with E-state index in [4.69, 9.17) is 14.2 Å². The maximum Gasteiger partial charge on any atom is 0.246 e. The summed E-state index contributed by atoms with van der Waals surface area (Å²) in [6.45, 7) is 1.53. The second kappa shape index (κ2) is 9.03. The number of hydrogen-bond donors (Lipinski definition) is 1. The topological polar surface area (TPSA) is 90.9 Å². The molecule has 1 rings (SSSR count). The normalized spacial score (nSPS) is 10.3. The highest BCUT2D eigenvalue weighted by Crippen LogP contribution is 2.38. The number of carbonyl (C=O) groups is 1. The molecule has 0 saturated carbocycles. The highest BCUT2D eigenvalue weighted by molar-refractivity contribution is 7.90. The summed E-state index contributed by atoms with van der Waals surface area (Å²) in [7, 11) is 0.762. The van der Waals surface area contributed by atoms with Crippen LogP contribution in [0, 0.1) is 11.8 Å². The van der Waals surface area contributed by atoms with E-state index >= 15 is 0 Å². The molecule has 0 spiro atoms. The van der Waals surface area contributed by atoms with E-state index in [1.807, 2.05) is 4.72 Å². The Bertz CT molecular complexity index is 721. The number of amides is 1. The summed E-state index contributed by atoms with van der Waals surface area (Å²) >= 11 is 0. The molecule has 0 aliphatic heterocycles. The summed E-state index contributed by atoms with van der Waals surface area (Å²) in [6, 6.07) is 3.43. The second-order valence-electron chi connectivity index (χ2n) is 4.74. The third-order valence-electron chi connectivity index (χ3n) is 3.07. The zero-order chi connectivity index (χ0) is 18.2. The molecule has 0 saturated heterocycles. The highest BCUT2D eigenvalue weighted by Gasteiger charge is 2.16. The Kier molecular flexibility index (Phi) is 7.39. The molecule has 0 bridgehead atoms. The number of ether oxygens (including phenoxy) is 3. The van der Waals surface area contributed by atoms with Crippen LogP contribution in [-0.4, -0.2) is 41.4 Å². The number of rotatable bonds is 8. The molecule has 0 aliphatic rings. The predicted molar refractivity (Wildman–Crippen MR) is 89.8 cm³/mol. The zero-order valence-electron chi connectivity index (χ0n) is 14.1. The third kappa shape index (κ3) is 5.66. The van der Waals surface area contributed by atoms with E-state index in [-0.39, 0.29) is 6.42 Å². The van der Waals surface area contributed by atoms with Gasteiger partial charge in [-0.05, 0) is 31.0 Å². The van der Waals surface area contributed by atoms with Gasteiger partial charge in [0.15, 0.2) is 11.5 Å². The summed E-state index contributed by atoms with van der Waals surface area (Å²) in [4.78, 5) is 11.8. The molecule has 132 valence electrons. The van der Waals surface area contributed by atoms with Crippen LogP contribution in [0.3, 0.4) is 0 Å². The number of nitrogens with one attached hydrogen (secondary N) is 1. The average molecular weight is 355 g/mol. The lowest BCUT2D eigenvalue weighted by atomic mass is 10.1. The number of hydrogen-bond acceptors (Lipinski definition) is 6. The van der Waals surface area contributed by atoms with Crippen molar-refractivity contribution in [1.29, 1.82) is 0 Å². The van der Waals surface area contributed by atoms with E-state index in [0.29, 0.717) is 23.7 Å². The van der Waals surface area contributed by atoms with E-state index in [2.05, 4.69) is 11.8 Å². The lowest BCUT2D eigenvalue weighted by molar-refractivity contribution is -0.119. The molecule has 0 aromatic heterocycles. The molecule has 0 atom stereocenters. The molecule has 0 heterocycles. The summed E-state index contributed by atoms with van der Waals surface area (Å²) in [6.07, 6.45) is 0.314. The van der Waals surface area contributed by atoms with Crippen LogP contribution in [0.2, 0.25) is 0 Å². The molecule has 8 heteroatoms. The average Bonchev–Trinajstić information content (AvgIpc) is 2.56. The maximum absolute atomic E-state index is 11.8. The predicted octanol–water partition coefficient (Wildman–Crippen LogP) is 1.11. The Morgan fingerprint density at radius 1 is 1.12 bits per heavy atom. The van der Waals surface area contributed by atoms with Crippen LogP contribution in [0.5, 0.6) is 17.2 Å². The Labute approximate surface area is 142 Å². The van der Waals surface area contributed by atoms with E-state index in [9.17, 15) is 13.2 Å². The van der Waals surface area contributed by atoms with Crippen molar-refractivity contribution in [2.45, 2.75) is 19.8 Å². The van der Waals surface area contributed by atoms with E-state index in [0.717, 1.165) is 5.56 Å². The second-order valence-corrected chi connectivity index (χ2v) is 6.47. The van der Waals surface area contributed by atoms with Crippen molar-refractivity contribution >= 4 is 15.9 Å². The Morgan fingerprint density at radius 2 is 1.71 bits per heavy atom. The van der Waals surface area contributed by atoms with Gasteiger partial charge < -0.3 is 14.2 Å². The van der Waals surface area contributed by atoms with Crippen molar-refractivity contribution in [2.75, 3.05) is 27.1 Å². The molecule has 1 aromatic rings. The van der Waals surface area contributed by atoms with Crippen molar-refractivity contribution in [3.05, 3.63) is 17.7 Å².